The predicted molar refractivity (Wildman–Crippen MR) is 142 cm³/mol. The van der Waals surface area contributed by atoms with E-state index in [-0.39, 0.29) is 34.7 Å². The van der Waals surface area contributed by atoms with E-state index in [1.54, 1.807) is 0 Å². The van der Waals surface area contributed by atoms with Gasteiger partial charge in [-0.25, -0.2) is 0 Å². The molecule has 8 saturated carbocycles. The van der Waals surface area contributed by atoms with Gasteiger partial charge in [-0.15, -0.1) is 0 Å². The summed E-state index contributed by atoms with van der Waals surface area (Å²) in [6.45, 7) is 4.45. The maximum Gasteiger partial charge on any atom is 0.252 e. The highest BCUT2D eigenvalue weighted by molar-refractivity contribution is 6.07. The summed E-state index contributed by atoms with van der Waals surface area (Å²) in [6, 6.07) is 7.77. The number of carbonyl (C=O) groups is 2. The van der Waals surface area contributed by atoms with Crippen molar-refractivity contribution >= 4 is 11.8 Å². The van der Waals surface area contributed by atoms with Gasteiger partial charge in [0.2, 0.25) is 0 Å². The second-order valence-electron chi connectivity index (χ2n) is 14.5. The molecule has 0 unspecified atom stereocenters. The van der Waals surface area contributed by atoms with E-state index in [1.807, 2.05) is 24.3 Å². The van der Waals surface area contributed by atoms with Crippen LogP contribution in [0, 0.1) is 46.3 Å². The fourth-order valence-corrected chi connectivity index (χ4v) is 11.2. The van der Waals surface area contributed by atoms with Crippen molar-refractivity contribution in [2.45, 2.75) is 103 Å². The largest absolute Gasteiger partial charge is 0.349 e. The lowest BCUT2D eigenvalue weighted by Crippen LogP contribution is -2.56. The normalized spacial score (nSPS) is 43.3. The van der Waals surface area contributed by atoms with Crippen molar-refractivity contribution in [1.29, 1.82) is 0 Å². The molecule has 36 heavy (non-hydrogen) atoms. The van der Waals surface area contributed by atoms with Gasteiger partial charge < -0.3 is 10.6 Å². The number of carbonyl (C=O) groups excluding carboxylic acids is 2. The summed E-state index contributed by atoms with van der Waals surface area (Å²) >= 11 is 0. The summed E-state index contributed by atoms with van der Waals surface area (Å²) in [7, 11) is 0. The van der Waals surface area contributed by atoms with Crippen LogP contribution in [-0.2, 0) is 0 Å². The van der Waals surface area contributed by atoms with E-state index < -0.39 is 0 Å². The molecule has 0 aromatic heterocycles. The van der Waals surface area contributed by atoms with Gasteiger partial charge >= 0.3 is 0 Å². The van der Waals surface area contributed by atoms with Crippen LogP contribution in [0.2, 0.25) is 0 Å². The summed E-state index contributed by atoms with van der Waals surface area (Å²) in [6.07, 6.45) is 16.1. The Balaban J connectivity index is 1.06. The van der Waals surface area contributed by atoms with Gasteiger partial charge in [0.15, 0.2) is 0 Å². The molecule has 2 atom stereocenters. The zero-order valence-corrected chi connectivity index (χ0v) is 22.2. The highest BCUT2D eigenvalue weighted by atomic mass is 16.2. The number of hydrogen-bond donors (Lipinski definition) is 2. The molecule has 8 bridgehead atoms. The van der Waals surface area contributed by atoms with Crippen LogP contribution < -0.4 is 10.6 Å². The maximum absolute atomic E-state index is 13.6. The first-order valence-corrected chi connectivity index (χ1v) is 15.0. The Bertz CT molecular complexity index is 906. The second kappa shape index (κ2) is 8.33. The first-order valence-electron chi connectivity index (χ1n) is 15.0. The Kier molecular flexibility index (Phi) is 5.39. The standard InChI is InChI=1S/C32H44N2O2/c1-19(31-13-21-7-22(14-31)9-23(8-21)15-31)33-29(35)27-5-3-4-6-28(27)30(36)34-20(2)32-16-24-10-25(17-32)12-26(11-24)18-32/h3-6,19-26H,7-18H2,1-2H3,(H,33,35)(H,34,36)/t19-,20+,21?,22?,23?,24?,25?,26?,31?,32?. The van der Waals surface area contributed by atoms with Crippen molar-refractivity contribution in [3.63, 3.8) is 0 Å². The van der Waals surface area contributed by atoms with Crippen molar-refractivity contribution in [3.8, 4) is 0 Å². The van der Waals surface area contributed by atoms with Gasteiger partial charge in [0.25, 0.3) is 11.8 Å². The van der Waals surface area contributed by atoms with Crippen LogP contribution in [0.15, 0.2) is 24.3 Å². The highest BCUT2D eigenvalue weighted by Crippen LogP contribution is 2.62. The van der Waals surface area contributed by atoms with E-state index in [0.717, 1.165) is 35.5 Å². The van der Waals surface area contributed by atoms with Crippen molar-refractivity contribution < 1.29 is 9.59 Å². The zero-order valence-electron chi connectivity index (χ0n) is 22.2. The molecule has 4 heteroatoms. The molecule has 4 nitrogen and oxygen atoms in total. The fraction of sp³-hybridized carbons (Fsp3) is 0.750. The number of benzene rings is 1. The van der Waals surface area contributed by atoms with Gasteiger partial charge in [0, 0.05) is 12.1 Å². The van der Waals surface area contributed by atoms with Crippen molar-refractivity contribution in [2.24, 2.45) is 46.3 Å². The van der Waals surface area contributed by atoms with E-state index >= 15 is 0 Å². The van der Waals surface area contributed by atoms with Crippen LogP contribution in [-0.4, -0.2) is 23.9 Å². The van der Waals surface area contributed by atoms with Crippen molar-refractivity contribution in [2.75, 3.05) is 0 Å². The summed E-state index contributed by atoms with van der Waals surface area (Å²) in [4.78, 5) is 27.2. The molecule has 0 heterocycles. The highest BCUT2D eigenvalue weighted by Gasteiger charge is 2.54. The minimum atomic E-state index is -0.0774. The predicted octanol–water partition coefficient (Wildman–Crippen LogP) is 6.36. The van der Waals surface area contributed by atoms with E-state index in [9.17, 15) is 9.59 Å². The number of rotatable bonds is 6. The molecule has 1 aromatic rings. The summed E-state index contributed by atoms with van der Waals surface area (Å²) in [5.41, 5.74) is 1.58. The molecule has 0 radical (unpaired) electrons. The Labute approximate surface area is 216 Å². The van der Waals surface area contributed by atoms with E-state index in [1.165, 1.54) is 77.0 Å². The average Bonchev–Trinajstić information content (AvgIpc) is 2.82. The smallest absolute Gasteiger partial charge is 0.252 e. The van der Waals surface area contributed by atoms with Crippen LogP contribution in [0.5, 0.6) is 0 Å². The molecule has 0 spiro atoms. The average molecular weight is 489 g/mol. The van der Waals surface area contributed by atoms with Crippen LogP contribution >= 0.6 is 0 Å². The maximum atomic E-state index is 13.6. The van der Waals surface area contributed by atoms with Crippen LogP contribution in [0.25, 0.3) is 0 Å². The number of amides is 2. The van der Waals surface area contributed by atoms with E-state index in [4.69, 9.17) is 0 Å². The first kappa shape index (κ1) is 23.3. The first-order chi connectivity index (χ1) is 17.3. The second-order valence-corrected chi connectivity index (χ2v) is 14.5. The quantitative estimate of drug-likeness (QED) is 0.490. The molecule has 9 rings (SSSR count). The Hall–Kier alpha value is -1.84. The van der Waals surface area contributed by atoms with Gasteiger partial charge in [-0.3, -0.25) is 9.59 Å². The Morgan fingerprint density at radius 3 is 1.17 bits per heavy atom. The molecule has 0 aliphatic heterocycles. The fourth-order valence-electron chi connectivity index (χ4n) is 11.2. The zero-order chi connectivity index (χ0) is 24.7. The molecular weight excluding hydrogens is 444 g/mol. The van der Waals surface area contributed by atoms with E-state index in [2.05, 4.69) is 24.5 Å². The minimum Gasteiger partial charge on any atom is -0.349 e. The molecule has 8 aliphatic rings. The Morgan fingerprint density at radius 2 is 0.889 bits per heavy atom. The van der Waals surface area contributed by atoms with Crippen molar-refractivity contribution in [3.05, 3.63) is 35.4 Å². The van der Waals surface area contributed by atoms with E-state index in [0.29, 0.717) is 11.1 Å². The van der Waals surface area contributed by atoms with Gasteiger partial charge in [0.1, 0.15) is 0 Å². The van der Waals surface area contributed by atoms with Crippen molar-refractivity contribution in [1.82, 2.24) is 10.6 Å². The molecule has 1 aromatic carbocycles. The lowest BCUT2D eigenvalue weighted by Gasteiger charge is -2.59. The van der Waals surface area contributed by atoms with Gasteiger partial charge in [-0.2, -0.15) is 0 Å². The molecular formula is C32H44N2O2. The van der Waals surface area contributed by atoms with Crippen LogP contribution in [0.1, 0.15) is 112 Å². The van der Waals surface area contributed by atoms with Gasteiger partial charge in [-0.1, -0.05) is 12.1 Å². The topological polar surface area (TPSA) is 58.2 Å². The van der Waals surface area contributed by atoms with Gasteiger partial charge in [0.05, 0.1) is 11.1 Å². The lowest BCUT2D eigenvalue weighted by molar-refractivity contribution is -0.0689. The third-order valence-corrected chi connectivity index (χ3v) is 12.1. The summed E-state index contributed by atoms with van der Waals surface area (Å²) in [5, 5.41) is 6.78. The molecule has 8 fully saturated rings. The number of nitrogens with one attached hydrogen (secondary N) is 2. The molecule has 2 amide bonds. The molecule has 8 aliphatic carbocycles. The summed E-state index contributed by atoms with van der Waals surface area (Å²) < 4.78 is 0. The SMILES string of the molecule is C[C@H](NC(=O)c1ccccc1C(=O)N[C@H](C)C12CC3CC(CC(C3)C1)C2)C12CC3CC(CC(C3)C1)C2. The number of hydrogen-bond acceptors (Lipinski definition) is 2. The summed E-state index contributed by atoms with van der Waals surface area (Å²) in [5.74, 6) is 5.01. The monoisotopic (exact) mass is 488 g/mol. The molecule has 2 N–H and O–H groups in total. The van der Waals surface area contributed by atoms with Crippen LogP contribution in [0.4, 0.5) is 0 Å². The minimum absolute atomic E-state index is 0.0774. The third-order valence-electron chi connectivity index (χ3n) is 12.1. The Morgan fingerprint density at radius 1 is 0.611 bits per heavy atom. The molecule has 194 valence electrons. The van der Waals surface area contributed by atoms with Crippen LogP contribution in [0.3, 0.4) is 0 Å². The third kappa shape index (κ3) is 3.76. The lowest BCUT2D eigenvalue weighted by atomic mass is 9.48. The van der Waals surface area contributed by atoms with Gasteiger partial charge in [-0.05, 0) is 149 Å². The molecule has 0 saturated heterocycles.